The van der Waals surface area contributed by atoms with E-state index in [9.17, 15) is 27.6 Å². The zero-order chi connectivity index (χ0) is 32.5. The van der Waals surface area contributed by atoms with Crippen LogP contribution in [0.25, 0.3) is 11.3 Å². The van der Waals surface area contributed by atoms with Gasteiger partial charge >= 0.3 is 12.3 Å². The molecule has 2 aromatic carbocycles. The highest BCUT2D eigenvalue weighted by molar-refractivity contribution is 6.30. The Balaban J connectivity index is 1.49. The van der Waals surface area contributed by atoms with Crippen LogP contribution in [0.5, 0.6) is 0 Å². The smallest absolute Gasteiger partial charge is 0.416 e. The quantitative estimate of drug-likeness (QED) is 0.262. The number of imidazole rings is 1. The van der Waals surface area contributed by atoms with E-state index in [0.29, 0.717) is 53.8 Å². The average Bonchev–Trinajstić information content (AvgIpc) is 3.42. The van der Waals surface area contributed by atoms with E-state index in [0.717, 1.165) is 6.07 Å². The lowest BCUT2D eigenvalue weighted by atomic mass is 9.98. The van der Waals surface area contributed by atoms with Crippen molar-refractivity contribution in [3.8, 4) is 11.3 Å². The van der Waals surface area contributed by atoms with Gasteiger partial charge in [-0.25, -0.2) is 14.2 Å². The number of methoxy groups -OCH3 is 1. The summed E-state index contributed by atoms with van der Waals surface area (Å²) in [7, 11) is 1.23. The first kappa shape index (κ1) is 32.2. The standard InChI is InChI=1S/C30H30ClF4N5O5/c1-15-28(42)40(12-11-23(45-15)25-18(30(33,34)35)9-10-19(31)26(25)32)22-5-3-4-6-24(41)38-20-13-16(37-29(43)44-2)7-8-17(20)21-14-36-27(22)39-21/h7-10,13-15,22-23H,3-6,11-12H2,1-2H3,(H,36,39)(H,37,43)(H,38,41)/t15-,22+,23?/m1/s1. The third-order valence-corrected chi connectivity index (χ3v) is 8.12. The largest absolute Gasteiger partial charge is 0.453 e. The van der Waals surface area contributed by atoms with Gasteiger partial charge in [-0.15, -0.1) is 0 Å². The number of anilines is 2. The molecule has 2 aliphatic heterocycles. The molecule has 1 unspecified atom stereocenters. The maximum atomic E-state index is 15.1. The van der Waals surface area contributed by atoms with Crippen LogP contribution in [0, 0.1) is 5.82 Å². The number of carbonyl (C=O) groups is 3. The van der Waals surface area contributed by atoms with Gasteiger partial charge in [-0.05, 0) is 56.5 Å². The van der Waals surface area contributed by atoms with Crippen molar-refractivity contribution in [1.29, 1.82) is 0 Å². The molecule has 5 rings (SSSR count). The van der Waals surface area contributed by atoms with Crippen molar-refractivity contribution in [3.63, 3.8) is 0 Å². The summed E-state index contributed by atoms with van der Waals surface area (Å²) in [6, 6.07) is 5.78. The molecule has 1 fully saturated rings. The molecule has 3 N–H and O–H groups in total. The van der Waals surface area contributed by atoms with Crippen LogP contribution >= 0.6 is 11.6 Å². The van der Waals surface area contributed by atoms with E-state index in [1.54, 1.807) is 24.4 Å². The van der Waals surface area contributed by atoms with Gasteiger partial charge in [-0.2, -0.15) is 13.2 Å². The number of ether oxygens (including phenoxy) is 2. The number of nitrogens with one attached hydrogen (secondary N) is 3. The molecule has 3 amide bonds. The molecule has 2 aliphatic rings. The van der Waals surface area contributed by atoms with Gasteiger partial charge in [0, 0.05) is 29.8 Å². The Morgan fingerprint density at radius 3 is 2.69 bits per heavy atom. The van der Waals surface area contributed by atoms with Gasteiger partial charge in [-0.1, -0.05) is 18.0 Å². The summed E-state index contributed by atoms with van der Waals surface area (Å²) in [5, 5.41) is 4.94. The Bertz CT molecular complexity index is 1610. The number of alkyl halides is 3. The normalized spacial score (nSPS) is 21.1. The summed E-state index contributed by atoms with van der Waals surface area (Å²) >= 11 is 5.87. The number of aromatic nitrogens is 2. The van der Waals surface area contributed by atoms with Gasteiger partial charge in [-0.3, -0.25) is 14.9 Å². The third-order valence-electron chi connectivity index (χ3n) is 7.83. The van der Waals surface area contributed by atoms with Crippen LogP contribution in [0.2, 0.25) is 5.02 Å². The molecule has 3 heterocycles. The zero-order valence-corrected chi connectivity index (χ0v) is 25.0. The van der Waals surface area contributed by atoms with E-state index < -0.39 is 58.4 Å². The number of benzene rings is 2. The van der Waals surface area contributed by atoms with E-state index in [2.05, 4.69) is 25.3 Å². The number of nitrogens with zero attached hydrogens (tertiary/aromatic N) is 2. The van der Waals surface area contributed by atoms with E-state index in [-0.39, 0.29) is 25.3 Å². The monoisotopic (exact) mass is 651 g/mol. The van der Waals surface area contributed by atoms with Crippen LogP contribution in [0.3, 0.4) is 0 Å². The fourth-order valence-electron chi connectivity index (χ4n) is 5.67. The highest BCUT2D eigenvalue weighted by Gasteiger charge is 2.42. The first-order chi connectivity index (χ1) is 21.4. The van der Waals surface area contributed by atoms with E-state index in [4.69, 9.17) is 16.3 Å². The molecule has 45 heavy (non-hydrogen) atoms. The summed E-state index contributed by atoms with van der Waals surface area (Å²) in [6.45, 7) is 1.35. The van der Waals surface area contributed by atoms with Crippen LogP contribution in [-0.2, 0) is 25.2 Å². The molecule has 0 saturated carbocycles. The maximum absolute atomic E-state index is 15.1. The minimum Gasteiger partial charge on any atom is -0.453 e. The second-order valence-electron chi connectivity index (χ2n) is 10.8. The van der Waals surface area contributed by atoms with Crippen molar-refractivity contribution in [2.75, 3.05) is 24.3 Å². The lowest BCUT2D eigenvalue weighted by molar-refractivity contribution is -0.146. The van der Waals surface area contributed by atoms with E-state index in [1.165, 1.54) is 18.9 Å². The molecule has 0 radical (unpaired) electrons. The number of hydrogen-bond acceptors (Lipinski definition) is 6. The fourth-order valence-corrected chi connectivity index (χ4v) is 5.84. The Kier molecular flexibility index (Phi) is 9.35. The number of hydrogen-bond donors (Lipinski definition) is 3. The van der Waals surface area contributed by atoms with Gasteiger partial charge in [0.2, 0.25) is 5.91 Å². The van der Waals surface area contributed by atoms with Crippen LogP contribution < -0.4 is 10.6 Å². The summed E-state index contributed by atoms with van der Waals surface area (Å²) in [5.74, 6) is -1.58. The van der Waals surface area contributed by atoms with Crippen molar-refractivity contribution < 1.29 is 41.4 Å². The lowest BCUT2D eigenvalue weighted by Crippen LogP contribution is -2.40. The van der Waals surface area contributed by atoms with Gasteiger partial charge in [0.25, 0.3) is 5.91 Å². The second-order valence-corrected chi connectivity index (χ2v) is 11.2. The first-order valence-corrected chi connectivity index (χ1v) is 14.6. The topological polar surface area (TPSA) is 126 Å². The second kappa shape index (κ2) is 13.1. The number of carbonyl (C=O) groups excluding carboxylic acids is 3. The minimum atomic E-state index is -4.87. The summed E-state index contributed by atoms with van der Waals surface area (Å²) in [4.78, 5) is 47.4. The highest BCUT2D eigenvalue weighted by Crippen LogP contribution is 2.42. The van der Waals surface area contributed by atoms with E-state index >= 15 is 4.39 Å². The Morgan fingerprint density at radius 1 is 1.18 bits per heavy atom. The van der Waals surface area contributed by atoms with E-state index in [1.807, 2.05) is 0 Å². The highest BCUT2D eigenvalue weighted by atomic mass is 35.5. The molecule has 1 saturated heterocycles. The number of halogens is 5. The number of H-pyrrole nitrogens is 1. The Morgan fingerprint density at radius 2 is 1.96 bits per heavy atom. The molecule has 0 aliphatic carbocycles. The number of fused-ring (bicyclic) bond motifs is 4. The molecule has 3 aromatic rings. The summed E-state index contributed by atoms with van der Waals surface area (Å²) in [5.41, 5.74) is -0.0945. The van der Waals surface area contributed by atoms with Crippen molar-refractivity contribution in [1.82, 2.24) is 14.9 Å². The molecule has 240 valence electrons. The molecule has 3 atom stereocenters. The number of amides is 3. The lowest BCUT2D eigenvalue weighted by Gasteiger charge is -2.30. The van der Waals surface area contributed by atoms with Crippen molar-refractivity contribution >= 4 is 40.9 Å². The first-order valence-electron chi connectivity index (χ1n) is 14.2. The van der Waals surface area contributed by atoms with Gasteiger partial charge in [0.05, 0.1) is 47.4 Å². The predicted molar refractivity (Wildman–Crippen MR) is 156 cm³/mol. The number of rotatable bonds is 3. The fraction of sp³-hybridized carbons (Fsp3) is 0.400. The third kappa shape index (κ3) is 6.91. The Hall–Kier alpha value is -4.17. The predicted octanol–water partition coefficient (Wildman–Crippen LogP) is 7.00. The SMILES string of the molecule is COC(=O)Nc1ccc2c(c1)NC(=O)CCCC[C@H](N1CCC(c3c(C(F)(F)F)ccc(Cl)c3F)O[C@H](C)C1=O)c1ncc-2[nH]1. The van der Waals surface area contributed by atoms with Crippen LogP contribution in [0.1, 0.15) is 68.1 Å². The van der Waals surface area contributed by atoms with Gasteiger partial charge in [0.1, 0.15) is 17.7 Å². The minimum absolute atomic E-state index is 0.0581. The van der Waals surface area contributed by atoms with Crippen LogP contribution in [0.4, 0.5) is 33.7 Å². The average molecular weight is 652 g/mol. The van der Waals surface area contributed by atoms with Crippen molar-refractivity contribution in [3.05, 3.63) is 64.3 Å². The van der Waals surface area contributed by atoms with Crippen LogP contribution in [0.15, 0.2) is 36.5 Å². The van der Waals surface area contributed by atoms with Gasteiger partial charge in [0.15, 0.2) is 0 Å². The maximum Gasteiger partial charge on any atom is 0.416 e. The molecular formula is C30H30ClF4N5O5. The molecule has 2 bridgehead atoms. The zero-order valence-electron chi connectivity index (χ0n) is 24.3. The summed E-state index contributed by atoms with van der Waals surface area (Å²) < 4.78 is 67.2. The molecule has 10 nitrogen and oxygen atoms in total. The van der Waals surface area contributed by atoms with Crippen molar-refractivity contribution in [2.24, 2.45) is 0 Å². The van der Waals surface area contributed by atoms with Gasteiger partial charge < -0.3 is 24.7 Å². The molecule has 0 spiro atoms. The summed E-state index contributed by atoms with van der Waals surface area (Å²) in [6.07, 6.45) is -5.23. The van der Waals surface area contributed by atoms with Crippen molar-refractivity contribution in [2.45, 2.75) is 63.5 Å². The number of aromatic amines is 1. The molecule has 1 aromatic heterocycles. The molecular weight excluding hydrogens is 622 g/mol. The Labute approximate surface area is 260 Å². The molecule has 15 heteroatoms. The van der Waals surface area contributed by atoms with Crippen LogP contribution in [-0.4, -0.2) is 52.5 Å².